The smallest absolute Gasteiger partial charge is 0.281 e. The first-order valence-electron chi connectivity index (χ1n) is 5.10. The van der Waals surface area contributed by atoms with Crippen molar-refractivity contribution in [2.45, 2.75) is 11.3 Å². The van der Waals surface area contributed by atoms with Crippen molar-refractivity contribution >= 4 is 27.3 Å². The van der Waals surface area contributed by atoms with Crippen LogP contribution in [0.2, 0.25) is 0 Å². The van der Waals surface area contributed by atoms with E-state index in [9.17, 15) is 23.3 Å². The fourth-order valence-corrected chi connectivity index (χ4v) is 2.22. The topological polar surface area (TPSA) is 124 Å². The monoisotopic (exact) mass is 283 g/mol. The van der Waals surface area contributed by atoms with Gasteiger partial charge >= 0.3 is 0 Å². The number of carbonyl (C=O) groups is 1. The first kappa shape index (κ1) is 13.2. The number of benzene rings is 1. The minimum Gasteiger partial charge on any atom is -0.281 e. The minimum atomic E-state index is -4.04. The van der Waals surface area contributed by atoms with Crippen molar-refractivity contribution in [3.63, 3.8) is 0 Å². The van der Waals surface area contributed by atoms with Gasteiger partial charge in [0, 0.05) is 18.7 Å². The van der Waals surface area contributed by atoms with E-state index in [1.807, 2.05) is 0 Å². The Morgan fingerprint density at radius 3 is 2.53 bits per heavy atom. The average Bonchev–Trinajstić information content (AvgIpc) is 2.73. The number of primary sulfonamides is 1. The maximum absolute atomic E-state index is 11.5. The van der Waals surface area contributed by atoms with Crippen LogP contribution in [-0.2, 0) is 14.8 Å². The highest BCUT2D eigenvalue weighted by Gasteiger charge is 2.26. The average molecular weight is 283 g/mol. The standard InChI is InChI=1S/C10H9N3O5S/c11-19(17,18)7-3-4-8(9(6-7)13(15)16)12-5-1-2-10(12)14/h1,3-6H,2H2,(H2,11,17,18). The number of carbonyl (C=O) groups excluding carboxylic acids is 1. The van der Waals surface area contributed by atoms with Crippen LogP contribution >= 0.6 is 0 Å². The van der Waals surface area contributed by atoms with E-state index in [1.54, 1.807) is 6.08 Å². The predicted octanol–water partition coefficient (Wildman–Crippen LogP) is 0.493. The summed E-state index contributed by atoms with van der Waals surface area (Å²) in [5.41, 5.74) is -0.484. The zero-order valence-corrected chi connectivity index (χ0v) is 10.3. The molecule has 100 valence electrons. The molecular weight excluding hydrogens is 274 g/mol. The van der Waals surface area contributed by atoms with E-state index in [-0.39, 0.29) is 22.9 Å². The second-order valence-corrected chi connectivity index (χ2v) is 5.37. The second-order valence-electron chi connectivity index (χ2n) is 3.81. The summed E-state index contributed by atoms with van der Waals surface area (Å²) in [6.07, 6.45) is 3.11. The van der Waals surface area contributed by atoms with Crippen LogP contribution in [-0.4, -0.2) is 19.2 Å². The Morgan fingerprint density at radius 1 is 1.37 bits per heavy atom. The third-order valence-electron chi connectivity index (χ3n) is 2.55. The summed E-state index contributed by atoms with van der Waals surface area (Å²) in [7, 11) is -4.04. The molecule has 1 aromatic rings. The molecule has 0 aromatic heterocycles. The molecular formula is C10H9N3O5S. The van der Waals surface area contributed by atoms with Crippen molar-refractivity contribution in [2.24, 2.45) is 5.14 Å². The molecule has 0 unspecified atom stereocenters. The number of nitrogens with two attached hydrogens (primary N) is 1. The van der Waals surface area contributed by atoms with E-state index >= 15 is 0 Å². The van der Waals surface area contributed by atoms with Crippen LogP contribution in [0.4, 0.5) is 11.4 Å². The lowest BCUT2D eigenvalue weighted by atomic mass is 10.2. The molecule has 0 bridgehead atoms. The lowest BCUT2D eigenvalue weighted by molar-refractivity contribution is -0.384. The maximum Gasteiger partial charge on any atom is 0.294 e. The molecule has 2 N–H and O–H groups in total. The molecule has 0 radical (unpaired) electrons. The van der Waals surface area contributed by atoms with Gasteiger partial charge in [-0.2, -0.15) is 0 Å². The Bertz CT molecular complexity index is 695. The van der Waals surface area contributed by atoms with Crippen LogP contribution in [0.3, 0.4) is 0 Å². The summed E-state index contributed by atoms with van der Waals surface area (Å²) < 4.78 is 22.3. The maximum atomic E-state index is 11.5. The molecule has 1 heterocycles. The van der Waals surface area contributed by atoms with Gasteiger partial charge in [-0.25, -0.2) is 13.6 Å². The first-order valence-corrected chi connectivity index (χ1v) is 6.65. The molecule has 2 rings (SSSR count). The fraction of sp³-hybridized carbons (Fsp3) is 0.100. The highest BCUT2D eigenvalue weighted by molar-refractivity contribution is 7.89. The summed E-state index contributed by atoms with van der Waals surface area (Å²) in [4.78, 5) is 22.5. The summed E-state index contributed by atoms with van der Waals surface area (Å²) in [5, 5.41) is 15.9. The molecule has 1 aliphatic heterocycles. The van der Waals surface area contributed by atoms with Gasteiger partial charge in [0.15, 0.2) is 0 Å². The highest BCUT2D eigenvalue weighted by Crippen LogP contribution is 2.32. The van der Waals surface area contributed by atoms with Crippen LogP contribution in [0.25, 0.3) is 0 Å². The third kappa shape index (κ3) is 2.46. The lowest BCUT2D eigenvalue weighted by Gasteiger charge is -2.14. The molecule has 0 saturated carbocycles. The van der Waals surface area contributed by atoms with Crippen LogP contribution in [0.1, 0.15) is 6.42 Å². The predicted molar refractivity (Wildman–Crippen MR) is 65.7 cm³/mol. The molecule has 9 heteroatoms. The van der Waals surface area contributed by atoms with Crippen LogP contribution in [0.15, 0.2) is 35.4 Å². The molecule has 1 amide bonds. The van der Waals surface area contributed by atoms with E-state index in [2.05, 4.69) is 0 Å². The lowest BCUT2D eigenvalue weighted by Crippen LogP contribution is -2.21. The van der Waals surface area contributed by atoms with Gasteiger partial charge in [-0.1, -0.05) is 6.08 Å². The zero-order chi connectivity index (χ0) is 14.2. The van der Waals surface area contributed by atoms with Gasteiger partial charge < -0.3 is 0 Å². The van der Waals surface area contributed by atoms with E-state index in [0.29, 0.717) is 0 Å². The zero-order valence-electron chi connectivity index (χ0n) is 9.52. The molecule has 0 aliphatic carbocycles. The van der Waals surface area contributed by atoms with Gasteiger partial charge in [0.2, 0.25) is 15.9 Å². The molecule has 1 aromatic carbocycles. The summed E-state index contributed by atoms with van der Waals surface area (Å²) in [6, 6.07) is 3.15. The Morgan fingerprint density at radius 2 is 2.05 bits per heavy atom. The molecule has 1 aliphatic rings. The first-order chi connectivity index (χ1) is 8.80. The van der Waals surface area contributed by atoms with Gasteiger partial charge in [-0.05, 0) is 12.1 Å². The second kappa shape index (κ2) is 4.44. The van der Waals surface area contributed by atoms with E-state index in [1.165, 1.54) is 12.3 Å². The molecule has 8 nitrogen and oxygen atoms in total. The number of hydrogen-bond acceptors (Lipinski definition) is 5. The summed E-state index contributed by atoms with van der Waals surface area (Å²) in [5.74, 6) is -0.327. The number of sulfonamides is 1. The Hall–Kier alpha value is -2.26. The van der Waals surface area contributed by atoms with Gasteiger partial charge in [-0.15, -0.1) is 0 Å². The summed E-state index contributed by atoms with van der Waals surface area (Å²) >= 11 is 0. The minimum absolute atomic E-state index is 0.0103. The SMILES string of the molecule is NS(=O)(=O)c1ccc(N2C=CCC2=O)c([N+](=O)[O-])c1. The van der Waals surface area contributed by atoms with Crippen molar-refractivity contribution in [1.29, 1.82) is 0 Å². The van der Waals surface area contributed by atoms with Crippen molar-refractivity contribution in [3.05, 3.63) is 40.6 Å². The number of nitro groups is 1. The Labute approximate surface area is 108 Å². The highest BCUT2D eigenvalue weighted by atomic mass is 32.2. The number of hydrogen-bond donors (Lipinski definition) is 1. The molecule has 0 saturated heterocycles. The van der Waals surface area contributed by atoms with E-state index in [4.69, 9.17) is 5.14 Å². The van der Waals surface area contributed by atoms with Gasteiger partial charge in [0.25, 0.3) is 5.69 Å². The van der Waals surface area contributed by atoms with E-state index in [0.717, 1.165) is 17.0 Å². The van der Waals surface area contributed by atoms with Gasteiger partial charge in [-0.3, -0.25) is 19.8 Å². The number of nitro benzene ring substituents is 1. The van der Waals surface area contributed by atoms with Crippen LogP contribution in [0, 0.1) is 10.1 Å². The quantitative estimate of drug-likeness (QED) is 0.638. The van der Waals surface area contributed by atoms with Crippen molar-refractivity contribution in [2.75, 3.05) is 4.90 Å². The molecule has 19 heavy (non-hydrogen) atoms. The van der Waals surface area contributed by atoms with Gasteiger partial charge in [0.05, 0.1) is 9.82 Å². The van der Waals surface area contributed by atoms with Crippen molar-refractivity contribution in [1.82, 2.24) is 0 Å². The Kier molecular flexibility index (Phi) is 3.08. The number of anilines is 1. The Balaban J connectivity index is 2.60. The molecule has 0 spiro atoms. The molecule has 0 fully saturated rings. The normalized spacial score (nSPS) is 15.0. The molecule has 0 atom stereocenters. The summed E-state index contributed by atoms with van der Waals surface area (Å²) in [6.45, 7) is 0. The number of rotatable bonds is 3. The fourth-order valence-electron chi connectivity index (χ4n) is 1.69. The van der Waals surface area contributed by atoms with Crippen molar-refractivity contribution in [3.8, 4) is 0 Å². The van der Waals surface area contributed by atoms with Crippen LogP contribution in [0.5, 0.6) is 0 Å². The van der Waals surface area contributed by atoms with Crippen molar-refractivity contribution < 1.29 is 18.1 Å². The van der Waals surface area contributed by atoms with E-state index < -0.39 is 20.6 Å². The number of nitrogens with zero attached hydrogens (tertiary/aromatic N) is 2. The number of amides is 1. The largest absolute Gasteiger partial charge is 0.294 e. The van der Waals surface area contributed by atoms with Gasteiger partial charge in [0.1, 0.15) is 5.69 Å². The third-order valence-corrected chi connectivity index (χ3v) is 3.46. The van der Waals surface area contributed by atoms with Crippen LogP contribution < -0.4 is 10.0 Å².